The Balaban J connectivity index is 2.69. The minimum absolute atomic E-state index is 0.0428. The van der Waals surface area contributed by atoms with Gasteiger partial charge in [-0.2, -0.15) is 0 Å². The van der Waals surface area contributed by atoms with Crippen LogP contribution in [0.1, 0.15) is 46.5 Å². The van der Waals surface area contributed by atoms with Gasteiger partial charge in [-0.25, -0.2) is 4.79 Å². The van der Waals surface area contributed by atoms with Crippen LogP contribution in [0, 0.1) is 10.8 Å². The molecule has 1 unspecified atom stereocenters. The first-order chi connectivity index (χ1) is 7.22. The van der Waals surface area contributed by atoms with Crippen LogP contribution in [0.3, 0.4) is 0 Å². The summed E-state index contributed by atoms with van der Waals surface area (Å²) in [4.78, 5) is 22.0. The standard InChI is InChI=1S/C13H20O3/c1-12(2)7-10(14)8-13(3,9-12)6-4-5-11(15)16/h4-5H,6-9H2,1-3H3,(H,15,16)/b5-4+. The second-order valence-electron chi connectivity index (χ2n) is 5.99. The molecule has 0 amide bonds. The lowest BCUT2D eigenvalue weighted by Crippen LogP contribution is -2.35. The van der Waals surface area contributed by atoms with E-state index in [9.17, 15) is 9.59 Å². The van der Waals surface area contributed by atoms with Gasteiger partial charge in [0.25, 0.3) is 0 Å². The number of aliphatic carboxylic acids is 1. The SMILES string of the molecule is CC1(C)CC(=O)CC(C)(C/C=C/C(=O)O)C1. The number of carbonyl (C=O) groups is 2. The number of carbonyl (C=O) groups excluding carboxylic acids is 1. The van der Waals surface area contributed by atoms with E-state index >= 15 is 0 Å². The molecule has 1 aliphatic carbocycles. The third kappa shape index (κ3) is 3.80. The Morgan fingerprint density at radius 2 is 2.00 bits per heavy atom. The largest absolute Gasteiger partial charge is 0.478 e. The van der Waals surface area contributed by atoms with Crippen molar-refractivity contribution in [1.82, 2.24) is 0 Å². The van der Waals surface area contributed by atoms with Crippen LogP contribution in [0.25, 0.3) is 0 Å². The third-order valence-electron chi connectivity index (χ3n) is 3.08. The van der Waals surface area contributed by atoms with E-state index in [4.69, 9.17) is 5.11 Å². The Morgan fingerprint density at radius 3 is 2.50 bits per heavy atom. The summed E-state index contributed by atoms with van der Waals surface area (Å²) < 4.78 is 0. The lowest BCUT2D eigenvalue weighted by molar-refractivity contribution is -0.131. The van der Waals surface area contributed by atoms with E-state index < -0.39 is 5.97 Å². The molecule has 1 N–H and O–H groups in total. The predicted octanol–water partition coefficient (Wildman–Crippen LogP) is 2.80. The Bertz CT molecular complexity index is 328. The molecule has 0 aromatic rings. The normalized spacial score (nSPS) is 29.6. The fraction of sp³-hybridized carbons (Fsp3) is 0.692. The lowest BCUT2D eigenvalue weighted by Gasteiger charge is -2.41. The van der Waals surface area contributed by atoms with Gasteiger partial charge >= 0.3 is 5.97 Å². The predicted molar refractivity (Wildman–Crippen MR) is 62.1 cm³/mol. The van der Waals surface area contributed by atoms with Crippen molar-refractivity contribution in [2.24, 2.45) is 10.8 Å². The highest BCUT2D eigenvalue weighted by Crippen LogP contribution is 2.46. The van der Waals surface area contributed by atoms with E-state index in [1.54, 1.807) is 6.08 Å². The molecule has 16 heavy (non-hydrogen) atoms. The number of allylic oxidation sites excluding steroid dienone is 1. The van der Waals surface area contributed by atoms with Crippen molar-refractivity contribution in [3.8, 4) is 0 Å². The number of ketones is 1. The summed E-state index contributed by atoms with van der Waals surface area (Å²) in [6.45, 7) is 6.27. The molecule has 90 valence electrons. The van der Waals surface area contributed by atoms with Gasteiger partial charge in [0, 0.05) is 18.9 Å². The summed E-state index contributed by atoms with van der Waals surface area (Å²) in [5, 5.41) is 8.53. The van der Waals surface area contributed by atoms with E-state index in [1.807, 2.05) is 0 Å². The number of carboxylic acids is 1. The average Bonchev–Trinajstić information content (AvgIpc) is 1.96. The van der Waals surface area contributed by atoms with Crippen molar-refractivity contribution < 1.29 is 14.7 Å². The van der Waals surface area contributed by atoms with Gasteiger partial charge in [0.15, 0.2) is 0 Å². The summed E-state index contributed by atoms with van der Waals surface area (Å²) in [5.74, 6) is -0.632. The fourth-order valence-electron chi connectivity index (χ4n) is 2.94. The summed E-state index contributed by atoms with van der Waals surface area (Å²) in [5.41, 5.74) is -0.0358. The molecule has 0 aliphatic heterocycles. The van der Waals surface area contributed by atoms with Gasteiger partial charge in [0.2, 0.25) is 0 Å². The van der Waals surface area contributed by atoms with Crippen molar-refractivity contribution in [1.29, 1.82) is 0 Å². The number of Topliss-reactive ketones (excluding diaryl/α,β-unsaturated/α-hetero) is 1. The summed E-state index contributed by atoms with van der Waals surface area (Å²) in [6.07, 6.45) is 5.67. The van der Waals surface area contributed by atoms with Crippen LogP contribution < -0.4 is 0 Å². The molecule has 1 fully saturated rings. The minimum atomic E-state index is -0.926. The highest BCUT2D eigenvalue weighted by atomic mass is 16.4. The zero-order chi connectivity index (χ0) is 12.4. The van der Waals surface area contributed by atoms with Crippen LogP contribution in [-0.4, -0.2) is 16.9 Å². The second kappa shape index (κ2) is 4.40. The average molecular weight is 224 g/mol. The van der Waals surface area contributed by atoms with Crippen molar-refractivity contribution >= 4 is 11.8 Å². The molecule has 1 rings (SSSR count). The van der Waals surface area contributed by atoms with Gasteiger partial charge in [-0.1, -0.05) is 26.8 Å². The van der Waals surface area contributed by atoms with Gasteiger partial charge in [-0.15, -0.1) is 0 Å². The van der Waals surface area contributed by atoms with Crippen molar-refractivity contribution in [3.05, 3.63) is 12.2 Å². The number of hydrogen-bond donors (Lipinski definition) is 1. The molecular formula is C13H20O3. The molecule has 3 nitrogen and oxygen atoms in total. The van der Waals surface area contributed by atoms with Crippen molar-refractivity contribution in [2.75, 3.05) is 0 Å². The van der Waals surface area contributed by atoms with Crippen LogP contribution in [0.15, 0.2) is 12.2 Å². The Labute approximate surface area is 96.5 Å². The number of carboxylic acid groups (broad SMARTS) is 1. The Morgan fingerprint density at radius 1 is 1.38 bits per heavy atom. The maximum atomic E-state index is 11.7. The first-order valence-corrected chi connectivity index (χ1v) is 5.64. The smallest absolute Gasteiger partial charge is 0.327 e. The molecule has 0 heterocycles. The van der Waals surface area contributed by atoms with E-state index in [0.29, 0.717) is 25.0 Å². The molecule has 1 saturated carbocycles. The van der Waals surface area contributed by atoms with Crippen LogP contribution in [0.2, 0.25) is 0 Å². The topological polar surface area (TPSA) is 54.4 Å². The fourth-order valence-corrected chi connectivity index (χ4v) is 2.94. The van der Waals surface area contributed by atoms with Gasteiger partial charge in [-0.3, -0.25) is 4.79 Å². The molecule has 0 radical (unpaired) electrons. The van der Waals surface area contributed by atoms with E-state index in [-0.39, 0.29) is 10.8 Å². The molecular weight excluding hydrogens is 204 g/mol. The monoisotopic (exact) mass is 224 g/mol. The van der Waals surface area contributed by atoms with Gasteiger partial charge in [-0.05, 0) is 23.7 Å². The molecule has 1 aliphatic rings. The minimum Gasteiger partial charge on any atom is -0.478 e. The molecule has 0 aromatic heterocycles. The number of hydrogen-bond acceptors (Lipinski definition) is 2. The van der Waals surface area contributed by atoms with Gasteiger partial charge in [0.1, 0.15) is 5.78 Å². The van der Waals surface area contributed by atoms with Crippen LogP contribution in [0.4, 0.5) is 0 Å². The zero-order valence-corrected chi connectivity index (χ0v) is 10.2. The van der Waals surface area contributed by atoms with Crippen molar-refractivity contribution in [2.45, 2.75) is 46.5 Å². The van der Waals surface area contributed by atoms with Gasteiger partial charge < -0.3 is 5.11 Å². The first-order valence-electron chi connectivity index (χ1n) is 5.64. The number of rotatable bonds is 3. The van der Waals surface area contributed by atoms with Gasteiger partial charge in [0.05, 0.1) is 0 Å². The molecule has 0 saturated heterocycles. The summed E-state index contributed by atoms with van der Waals surface area (Å²) in [6, 6.07) is 0. The first kappa shape index (κ1) is 12.9. The molecule has 0 bridgehead atoms. The molecule has 0 spiro atoms. The van der Waals surface area contributed by atoms with Crippen LogP contribution in [0.5, 0.6) is 0 Å². The van der Waals surface area contributed by atoms with E-state index in [2.05, 4.69) is 20.8 Å². The maximum absolute atomic E-state index is 11.7. The quantitative estimate of drug-likeness (QED) is 0.750. The highest BCUT2D eigenvalue weighted by molar-refractivity contribution is 5.81. The second-order valence-corrected chi connectivity index (χ2v) is 5.99. The Hall–Kier alpha value is -1.12. The third-order valence-corrected chi connectivity index (χ3v) is 3.08. The Kier molecular flexibility index (Phi) is 3.56. The highest BCUT2D eigenvalue weighted by Gasteiger charge is 2.39. The van der Waals surface area contributed by atoms with Crippen molar-refractivity contribution in [3.63, 3.8) is 0 Å². The maximum Gasteiger partial charge on any atom is 0.327 e. The van der Waals surface area contributed by atoms with E-state index in [1.165, 1.54) is 0 Å². The summed E-state index contributed by atoms with van der Waals surface area (Å²) >= 11 is 0. The lowest BCUT2D eigenvalue weighted by atomic mass is 9.63. The molecule has 3 heteroatoms. The molecule has 0 aromatic carbocycles. The summed E-state index contributed by atoms with van der Waals surface area (Å²) in [7, 11) is 0. The van der Waals surface area contributed by atoms with Crippen LogP contribution in [-0.2, 0) is 9.59 Å². The molecule has 1 atom stereocenters. The van der Waals surface area contributed by atoms with Crippen LogP contribution >= 0.6 is 0 Å². The zero-order valence-electron chi connectivity index (χ0n) is 10.2. The van der Waals surface area contributed by atoms with E-state index in [0.717, 1.165) is 12.5 Å².